The second kappa shape index (κ2) is 9.78. The Morgan fingerprint density at radius 3 is 2.43 bits per heavy atom. The van der Waals surface area contributed by atoms with E-state index in [-0.39, 0.29) is 23.9 Å². The molecule has 0 radical (unpaired) electrons. The topological polar surface area (TPSA) is 79.5 Å². The maximum Gasteiger partial charge on any atom is 0.251 e. The largest absolute Gasteiger partial charge is 0.494 e. The lowest BCUT2D eigenvalue weighted by Crippen LogP contribution is -2.40. The Bertz CT molecular complexity index is 813. The van der Waals surface area contributed by atoms with Crippen LogP contribution in [0.15, 0.2) is 48.5 Å². The van der Waals surface area contributed by atoms with Crippen molar-refractivity contribution in [3.05, 3.63) is 54.1 Å². The number of carbonyl (C=O) groups excluding carboxylic acids is 2. The Hall–Kier alpha value is -3.02. The second-order valence-electron chi connectivity index (χ2n) is 7.56. The van der Waals surface area contributed by atoms with Crippen molar-refractivity contribution in [2.45, 2.75) is 39.7 Å². The van der Waals surface area contributed by atoms with Crippen molar-refractivity contribution in [1.82, 2.24) is 5.32 Å². The zero-order valence-electron chi connectivity index (χ0n) is 17.0. The van der Waals surface area contributed by atoms with E-state index in [1.807, 2.05) is 52.0 Å². The molecule has 2 amide bonds. The van der Waals surface area contributed by atoms with Crippen LogP contribution in [0.4, 0.5) is 11.4 Å². The van der Waals surface area contributed by atoms with E-state index < -0.39 is 0 Å². The monoisotopic (exact) mass is 383 g/mol. The van der Waals surface area contributed by atoms with Gasteiger partial charge in [-0.05, 0) is 57.5 Å². The van der Waals surface area contributed by atoms with Gasteiger partial charge in [-0.25, -0.2) is 0 Å². The second-order valence-corrected chi connectivity index (χ2v) is 7.56. The first-order chi connectivity index (χ1) is 13.3. The summed E-state index contributed by atoms with van der Waals surface area (Å²) in [6.45, 7) is 8.56. The molecule has 0 aromatic heterocycles. The third-order valence-corrected chi connectivity index (χ3v) is 3.66. The highest BCUT2D eigenvalue weighted by molar-refractivity contribution is 5.96. The van der Waals surface area contributed by atoms with Gasteiger partial charge in [0.15, 0.2) is 0 Å². The number of rotatable bonds is 8. The summed E-state index contributed by atoms with van der Waals surface area (Å²) in [7, 11) is 0. The van der Waals surface area contributed by atoms with Crippen LogP contribution in [0.1, 0.15) is 44.5 Å². The van der Waals surface area contributed by atoms with Crippen LogP contribution in [0, 0.1) is 0 Å². The highest BCUT2D eigenvalue weighted by Crippen LogP contribution is 2.18. The maximum atomic E-state index is 12.3. The first kappa shape index (κ1) is 21.3. The minimum absolute atomic E-state index is 0.0877. The van der Waals surface area contributed by atoms with Crippen molar-refractivity contribution in [1.29, 1.82) is 0 Å². The average Bonchev–Trinajstić information content (AvgIpc) is 2.64. The predicted molar refractivity (Wildman–Crippen MR) is 113 cm³/mol. The van der Waals surface area contributed by atoms with E-state index in [4.69, 9.17) is 4.74 Å². The summed E-state index contributed by atoms with van der Waals surface area (Å²) in [6, 6.07) is 14.4. The average molecular weight is 383 g/mol. The fraction of sp³-hybridized carbons (Fsp3) is 0.364. The Morgan fingerprint density at radius 2 is 1.71 bits per heavy atom. The van der Waals surface area contributed by atoms with Gasteiger partial charge >= 0.3 is 0 Å². The molecule has 28 heavy (non-hydrogen) atoms. The maximum absolute atomic E-state index is 12.3. The number of anilines is 2. The van der Waals surface area contributed by atoms with Gasteiger partial charge in [0.25, 0.3) is 5.91 Å². The minimum Gasteiger partial charge on any atom is -0.494 e. The molecule has 0 aliphatic carbocycles. The molecule has 0 aliphatic rings. The molecular weight excluding hydrogens is 354 g/mol. The zero-order valence-corrected chi connectivity index (χ0v) is 17.0. The molecule has 2 aromatic carbocycles. The Kier molecular flexibility index (Phi) is 7.44. The molecule has 0 heterocycles. The lowest BCUT2D eigenvalue weighted by molar-refractivity contribution is -0.114. The number of hydrogen-bond acceptors (Lipinski definition) is 4. The molecule has 0 aliphatic heterocycles. The van der Waals surface area contributed by atoms with E-state index in [1.165, 1.54) is 0 Å². The molecule has 0 bridgehead atoms. The highest BCUT2D eigenvalue weighted by atomic mass is 16.5. The summed E-state index contributed by atoms with van der Waals surface area (Å²) in [4.78, 5) is 24.5. The summed E-state index contributed by atoms with van der Waals surface area (Å²) in [5.41, 5.74) is 1.62. The molecule has 0 fully saturated rings. The van der Waals surface area contributed by atoms with Gasteiger partial charge in [0.2, 0.25) is 5.91 Å². The fourth-order valence-electron chi connectivity index (χ4n) is 2.45. The van der Waals surface area contributed by atoms with Crippen molar-refractivity contribution in [2.24, 2.45) is 0 Å². The lowest BCUT2D eigenvalue weighted by atomic mass is 10.1. The van der Waals surface area contributed by atoms with E-state index >= 15 is 0 Å². The highest BCUT2D eigenvalue weighted by Gasteiger charge is 2.15. The number of nitrogens with one attached hydrogen (secondary N) is 3. The molecule has 0 saturated heterocycles. The number of benzene rings is 2. The van der Waals surface area contributed by atoms with Gasteiger partial charge in [-0.1, -0.05) is 19.1 Å². The smallest absolute Gasteiger partial charge is 0.251 e. The fourth-order valence-corrected chi connectivity index (χ4v) is 2.45. The molecule has 6 nitrogen and oxygen atoms in total. The van der Waals surface area contributed by atoms with Gasteiger partial charge in [0, 0.05) is 28.5 Å². The van der Waals surface area contributed by atoms with Gasteiger partial charge in [0.05, 0.1) is 13.2 Å². The molecule has 2 rings (SSSR count). The van der Waals surface area contributed by atoms with Crippen LogP contribution >= 0.6 is 0 Å². The predicted octanol–water partition coefficient (Wildman–Crippen LogP) is 4.05. The molecule has 0 unspecified atom stereocenters. The molecule has 0 spiro atoms. The Balaban J connectivity index is 1.91. The van der Waals surface area contributed by atoms with E-state index in [1.54, 1.807) is 24.3 Å². The van der Waals surface area contributed by atoms with Crippen LogP contribution in [0.2, 0.25) is 0 Å². The molecule has 3 N–H and O–H groups in total. The summed E-state index contributed by atoms with van der Waals surface area (Å²) < 4.78 is 5.57. The summed E-state index contributed by atoms with van der Waals surface area (Å²) in [6.07, 6.45) is 0.924. The minimum atomic E-state index is -0.310. The standard InChI is InChI=1S/C22H29N3O3/c1-5-12-28-19-11-7-10-18(14-19)24-20(26)15-23-17-9-6-8-16(13-17)21(27)25-22(2,3)4/h6-11,13-14,23H,5,12,15H2,1-4H3,(H,24,26)(H,25,27). The normalized spacial score (nSPS) is 10.9. The first-order valence-electron chi connectivity index (χ1n) is 9.46. The van der Waals surface area contributed by atoms with Crippen LogP contribution < -0.4 is 20.7 Å². The lowest BCUT2D eigenvalue weighted by Gasteiger charge is -2.20. The molecule has 150 valence electrons. The van der Waals surface area contributed by atoms with Crippen molar-refractivity contribution in [3.63, 3.8) is 0 Å². The van der Waals surface area contributed by atoms with Crippen molar-refractivity contribution in [3.8, 4) is 5.75 Å². The van der Waals surface area contributed by atoms with Crippen LogP contribution in [0.3, 0.4) is 0 Å². The number of hydrogen-bond donors (Lipinski definition) is 3. The number of carbonyl (C=O) groups is 2. The quantitative estimate of drug-likeness (QED) is 0.642. The van der Waals surface area contributed by atoms with Gasteiger partial charge in [0.1, 0.15) is 5.75 Å². The van der Waals surface area contributed by atoms with Crippen LogP contribution in [-0.2, 0) is 4.79 Å². The van der Waals surface area contributed by atoms with Gasteiger partial charge in [-0.15, -0.1) is 0 Å². The molecule has 6 heteroatoms. The zero-order chi connectivity index (χ0) is 20.6. The summed E-state index contributed by atoms with van der Waals surface area (Å²) >= 11 is 0. The third-order valence-electron chi connectivity index (χ3n) is 3.66. The van der Waals surface area contributed by atoms with Crippen LogP contribution in [0.5, 0.6) is 5.75 Å². The van der Waals surface area contributed by atoms with E-state index in [2.05, 4.69) is 16.0 Å². The van der Waals surface area contributed by atoms with E-state index in [0.717, 1.165) is 12.2 Å². The van der Waals surface area contributed by atoms with Crippen LogP contribution in [0.25, 0.3) is 0 Å². The molecule has 2 aromatic rings. The van der Waals surface area contributed by atoms with E-state index in [9.17, 15) is 9.59 Å². The van der Waals surface area contributed by atoms with Gasteiger partial charge in [-0.2, -0.15) is 0 Å². The molecule has 0 atom stereocenters. The van der Waals surface area contributed by atoms with Crippen molar-refractivity contribution in [2.75, 3.05) is 23.8 Å². The molecule has 0 saturated carbocycles. The van der Waals surface area contributed by atoms with Gasteiger partial charge < -0.3 is 20.7 Å². The number of amides is 2. The first-order valence-corrected chi connectivity index (χ1v) is 9.46. The summed E-state index contributed by atoms with van der Waals surface area (Å²) in [5.74, 6) is 0.395. The summed E-state index contributed by atoms with van der Waals surface area (Å²) in [5, 5.41) is 8.81. The SMILES string of the molecule is CCCOc1cccc(NC(=O)CNc2cccc(C(=O)NC(C)(C)C)c2)c1. The Morgan fingerprint density at radius 1 is 1.00 bits per heavy atom. The van der Waals surface area contributed by atoms with Gasteiger partial charge in [-0.3, -0.25) is 9.59 Å². The van der Waals surface area contributed by atoms with Crippen molar-refractivity contribution >= 4 is 23.2 Å². The number of ether oxygens (including phenoxy) is 1. The Labute approximate surface area is 166 Å². The molecular formula is C22H29N3O3. The van der Waals surface area contributed by atoms with Crippen molar-refractivity contribution < 1.29 is 14.3 Å². The van der Waals surface area contributed by atoms with Crippen LogP contribution in [-0.4, -0.2) is 30.5 Å². The third kappa shape index (κ3) is 7.31. The van der Waals surface area contributed by atoms with E-state index in [0.29, 0.717) is 23.5 Å².